The molecule has 1 aliphatic rings. The largest absolute Gasteiger partial charge is 0.349 e. The summed E-state index contributed by atoms with van der Waals surface area (Å²) in [6.45, 7) is 0.522. The van der Waals surface area contributed by atoms with Crippen LogP contribution in [0.1, 0.15) is 29.6 Å². The van der Waals surface area contributed by atoms with Gasteiger partial charge in [-0.1, -0.05) is 6.42 Å². The van der Waals surface area contributed by atoms with Crippen molar-refractivity contribution in [3.63, 3.8) is 0 Å². The average molecular weight is 303 g/mol. The number of nitrogens with zero attached hydrogens (tertiary/aromatic N) is 1. The van der Waals surface area contributed by atoms with Crippen LogP contribution in [0.4, 0.5) is 0 Å². The van der Waals surface area contributed by atoms with E-state index in [2.05, 4.69) is 10.3 Å². The summed E-state index contributed by atoms with van der Waals surface area (Å²) in [5.74, 6) is -0.197. The van der Waals surface area contributed by atoms with Crippen LogP contribution >= 0.6 is 12.4 Å². The molecule has 1 heterocycles. The minimum absolute atomic E-state index is 0. The lowest BCUT2D eigenvalue weighted by atomic mass is 10.0. The van der Waals surface area contributed by atoms with Crippen molar-refractivity contribution in [1.29, 1.82) is 0 Å². The van der Waals surface area contributed by atoms with Crippen molar-refractivity contribution in [2.45, 2.75) is 25.3 Å². The number of aromatic amines is 1. The molecular formula is C12H19ClN4O3. The lowest BCUT2D eigenvalue weighted by Gasteiger charge is -2.19. The molecule has 8 heteroatoms. The highest BCUT2D eigenvalue weighted by Crippen LogP contribution is 2.24. The Morgan fingerprint density at radius 1 is 1.50 bits per heavy atom. The summed E-state index contributed by atoms with van der Waals surface area (Å²) in [5.41, 5.74) is 4.46. The smallest absolute Gasteiger partial charge is 0.328 e. The fourth-order valence-corrected chi connectivity index (χ4v) is 2.48. The topological polar surface area (TPSA) is 110 Å². The minimum atomic E-state index is -0.594. The molecule has 0 aliphatic heterocycles. The fraction of sp³-hybridized carbons (Fsp3) is 0.583. The number of nitrogens with one attached hydrogen (secondary N) is 2. The first-order valence-corrected chi connectivity index (χ1v) is 6.34. The van der Waals surface area contributed by atoms with Gasteiger partial charge < -0.3 is 16.0 Å². The Bertz CT molecular complexity index is 595. The van der Waals surface area contributed by atoms with E-state index in [0.717, 1.165) is 30.0 Å². The van der Waals surface area contributed by atoms with Crippen LogP contribution in [0.2, 0.25) is 0 Å². The molecule has 4 N–H and O–H groups in total. The maximum absolute atomic E-state index is 12.1. The molecule has 1 fully saturated rings. The van der Waals surface area contributed by atoms with Gasteiger partial charge >= 0.3 is 5.69 Å². The minimum Gasteiger partial charge on any atom is -0.349 e. The van der Waals surface area contributed by atoms with Crippen molar-refractivity contribution in [1.82, 2.24) is 14.9 Å². The zero-order valence-corrected chi connectivity index (χ0v) is 12.0. The summed E-state index contributed by atoms with van der Waals surface area (Å²) in [6.07, 6.45) is 4.05. The second-order valence-electron chi connectivity index (χ2n) is 4.88. The highest BCUT2D eigenvalue weighted by Gasteiger charge is 2.28. The van der Waals surface area contributed by atoms with E-state index in [1.807, 2.05) is 0 Å². The number of carbonyl (C=O) groups is 1. The molecule has 2 rings (SSSR count). The van der Waals surface area contributed by atoms with Gasteiger partial charge in [-0.25, -0.2) is 4.79 Å². The third-order valence-corrected chi connectivity index (χ3v) is 3.70. The van der Waals surface area contributed by atoms with E-state index in [0.29, 0.717) is 6.54 Å². The van der Waals surface area contributed by atoms with Gasteiger partial charge in [0.05, 0.1) is 0 Å². The molecule has 1 aromatic rings. The van der Waals surface area contributed by atoms with Crippen LogP contribution < -0.4 is 22.3 Å². The molecule has 112 valence electrons. The second-order valence-corrected chi connectivity index (χ2v) is 4.88. The summed E-state index contributed by atoms with van der Waals surface area (Å²) in [5, 5.41) is 2.83. The summed E-state index contributed by atoms with van der Waals surface area (Å²) in [6, 6.07) is 0.00846. The van der Waals surface area contributed by atoms with Gasteiger partial charge in [0.2, 0.25) is 0 Å². The SMILES string of the molecule is Cl.Cn1c(=O)[nH]cc(C(=O)NC2CCCC2CN)c1=O. The first kappa shape index (κ1) is 16.5. The molecule has 0 bridgehead atoms. The standard InChI is InChI=1S/C12H18N4O3.ClH/c1-16-11(18)8(6-14-12(16)19)10(17)15-9-4-2-3-7(9)5-13;/h6-7,9H,2-5,13H2,1H3,(H,14,19)(H,15,17);1H. The van der Waals surface area contributed by atoms with E-state index in [1.54, 1.807) is 0 Å². The average Bonchev–Trinajstić information content (AvgIpc) is 2.83. The Morgan fingerprint density at radius 3 is 2.85 bits per heavy atom. The lowest BCUT2D eigenvalue weighted by Crippen LogP contribution is -2.44. The first-order chi connectivity index (χ1) is 9.04. The number of hydrogen-bond donors (Lipinski definition) is 3. The van der Waals surface area contributed by atoms with E-state index < -0.39 is 17.2 Å². The van der Waals surface area contributed by atoms with E-state index >= 15 is 0 Å². The maximum Gasteiger partial charge on any atom is 0.328 e. The molecule has 20 heavy (non-hydrogen) atoms. The summed E-state index contributed by atoms with van der Waals surface area (Å²) < 4.78 is 0.879. The number of nitrogens with two attached hydrogens (primary N) is 1. The molecule has 1 amide bonds. The molecule has 0 spiro atoms. The van der Waals surface area contributed by atoms with E-state index in [-0.39, 0.29) is 29.9 Å². The van der Waals surface area contributed by atoms with E-state index in [1.165, 1.54) is 7.05 Å². The third kappa shape index (κ3) is 3.10. The van der Waals surface area contributed by atoms with Gasteiger partial charge in [-0.3, -0.25) is 14.2 Å². The van der Waals surface area contributed by atoms with Crippen molar-refractivity contribution in [2.75, 3.05) is 6.54 Å². The molecular weight excluding hydrogens is 284 g/mol. The second kappa shape index (κ2) is 6.71. The van der Waals surface area contributed by atoms with E-state index in [4.69, 9.17) is 5.73 Å². The number of hydrogen-bond acceptors (Lipinski definition) is 4. The first-order valence-electron chi connectivity index (χ1n) is 6.34. The van der Waals surface area contributed by atoms with Crippen molar-refractivity contribution < 1.29 is 4.79 Å². The molecule has 1 aromatic heterocycles. The van der Waals surface area contributed by atoms with Crippen LogP contribution in [-0.4, -0.2) is 28.0 Å². The van der Waals surface area contributed by atoms with Crippen LogP contribution in [0.25, 0.3) is 0 Å². The van der Waals surface area contributed by atoms with E-state index in [9.17, 15) is 14.4 Å². The molecule has 0 saturated heterocycles. The molecule has 1 saturated carbocycles. The number of H-pyrrole nitrogens is 1. The van der Waals surface area contributed by atoms with Gasteiger partial charge in [-0.05, 0) is 25.3 Å². The van der Waals surface area contributed by atoms with Crippen molar-refractivity contribution in [3.05, 3.63) is 32.6 Å². The Morgan fingerprint density at radius 2 is 2.20 bits per heavy atom. The monoisotopic (exact) mass is 302 g/mol. The lowest BCUT2D eigenvalue weighted by molar-refractivity contribution is 0.0926. The van der Waals surface area contributed by atoms with Crippen LogP contribution in [0.5, 0.6) is 0 Å². The van der Waals surface area contributed by atoms with Gasteiger partial charge in [-0.15, -0.1) is 12.4 Å². The normalized spacial score (nSPS) is 21.3. The van der Waals surface area contributed by atoms with Gasteiger partial charge in [0.15, 0.2) is 0 Å². The molecule has 1 aliphatic carbocycles. The van der Waals surface area contributed by atoms with Gasteiger partial charge in [-0.2, -0.15) is 0 Å². The van der Waals surface area contributed by atoms with Crippen LogP contribution in [0.15, 0.2) is 15.8 Å². The Kier molecular flexibility index (Phi) is 5.52. The van der Waals surface area contributed by atoms with Gasteiger partial charge in [0.1, 0.15) is 5.56 Å². The highest BCUT2D eigenvalue weighted by atomic mass is 35.5. The van der Waals surface area contributed by atoms with Gasteiger partial charge in [0, 0.05) is 19.3 Å². The fourth-order valence-electron chi connectivity index (χ4n) is 2.48. The predicted molar refractivity (Wildman–Crippen MR) is 77.2 cm³/mol. The van der Waals surface area contributed by atoms with Crippen molar-refractivity contribution in [3.8, 4) is 0 Å². The Hall–Kier alpha value is -1.60. The summed E-state index contributed by atoms with van der Waals surface area (Å²) >= 11 is 0. The van der Waals surface area contributed by atoms with Crippen molar-refractivity contribution in [2.24, 2.45) is 18.7 Å². The maximum atomic E-state index is 12.1. The molecule has 0 aromatic carbocycles. The number of aromatic nitrogens is 2. The van der Waals surface area contributed by atoms with Crippen LogP contribution in [0.3, 0.4) is 0 Å². The number of halogens is 1. The molecule has 7 nitrogen and oxygen atoms in total. The number of carbonyl (C=O) groups excluding carboxylic acids is 1. The number of amides is 1. The Labute approximate surface area is 122 Å². The summed E-state index contributed by atoms with van der Waals surface area (Å²) in [7, 11) is 1.33. The Balaban J connectivity index is 0.00000200. The number of rotatable bonds is 3. The third-order valence-electron chi connectivity index (χ3n) is 3.70. The van der Waals surface area contributed by atoms with Crippen LogP contribution in [-0.2, 0) is 7.05 Å². The van der Waals surface area contributed by atoms with Crippen molar-refractivity contribution >= 4 is 18.3 Å². The van der Waals surface area contributed by atoms with Crippen LogP contribution in [0, 0.1) is 5.92 Å². The highest BCUT2D eigenvalue weighted by molar-refractivity contribution is 5.93. The molecule has 0 radical (unpaired) electrons. The molecule has 2 atom stereocenters. The molecule has 2 unspecified atom stereocenters. The zero-order valence-electron chi connectivity index (χ0n) is 11.2. The predicted octanol–water partition coefficient (Wildman–Crippen LogP) is -0.647. The van der Waals surface area contributed by atoms with Gasteiger partial charge in [0.25, 0.3) is 11.5 Å². The summed E-state index contributed by atoms with van der Waals surface area (Å²) in [4.78, 5) is 37.5. The quantitative estimate of drug-likeness (QED) is 0.689. The zero-order chi connectivity index (χ0) is 14.0.